The molecule has 3 aliphatic heterocycles. The predicted molar refractivity (Wildman–Crippen MR) is 164 cm³/mol. The van der Waals surface area contributed by atoms with Gasteiger partial charge in [-0.25, -0.2) is 14.6 Å². The number of carbonyl (C=O) groups is 5. The summed E-state index contributed by atoms with van der Waals surface area (Å²) in [5.41, 5.74) is 5.94. The third-order valence-electron chi connectivity index (χ3n) is 7.59. The van der Waals surface area contributed by atoms with Crippen molar-refractivity contribution in [1.82, 2.24) is 20.1 Å². The molecule has 244 valence electrons. The Morgan fingerprint density at radius 3 is 2.58 bits per heavy atom. The van der Waals surface area contributed by atoms with E-state index in [0.717, 1.165) is 43.4 Å². The number of thiazole rings is 1. The standard InChI is InChI=1S/C27H32N6O9S2.ClH/c1-13(41-27(38)42-16-6-4-3-5-7-16)40-25(37)20-15(10-14-8-9-32(2)22(14)35)11-43-24-19(23(36)33(20)24)30-21(34)18(31-39)17-12-44-26(28)29-17;/h10,12-13,16,19,24,39H,3-9,11H2,1-2H3,(H2,28,29)(H,30,34);1H. The number of β-lactam (4-membered cyclic amide) rings is 1. The van der Waals surface area contributed by atoms with E-state index in [-0.39, 0.29) is 46.7 Å². The van der Waals surface area contributed by atoms with Crippen molar-refractivity contribution in [3.05, 3.63) is 34.0 Å². The van der Waals surface area contributed by atoms with Crippen LogP contribution in [0.2, 0.25) is 0 Å². The lowest BCUT2D eigenvalue weighted by Crippen LogP contribution is -2.71. The number of allylic oxidation sites excluding steroid dienone is 1. The van der Waals surface area contributed by atoms with Crippen LogP contribution in [0.25, 0.3) is 0 Å². The average Bonchev–Trinajstić information content (AvgIpc) is 3.56. The number of nitrogens with one attached hydrogen (secondary N) is 1. The van der Waals surface area contributed by atoms with E-state index in [1.165, 1.54) is 29.0 Å². The molecule has 0 bridgehead atoms. The fourth-order valence-corrected chi connectivity index (χ4v) is 7.21. The number of esters is 1. The van der Waals surface area contributed by atoms with E-state index in [0.29, 0.717) is 24.1 Å². The number of likely N-dealkylation sites (tertiary alicyclic amines) is 1. The number of nitrogens with zero attached hydrogens (tertiary/aromatic N) is 4. The topological polar surface area (TPSA) is 203 Å². The second-order valence-corrected chi connectivity index (χ2v) is 12.6. The number of hydrogen-bond acceptors (Lipinski definition) is 14. The SMILES string of the molecule is CC(OC(=O)OC1CCCCC1)OC(=O)C1=C(C=C2CCN(C)C2=O)CSC2C(NC(=O)C(=NO)c3csc(N)n3)C(=O)N12.Cl. The van der Waals surface area contributed by atoms with Gasteiger partial charge in [0.1, 0.15) is 28.9 Å². The highest BCUT2D eigenvalue weighted by molar-refractivity contribution is 8.00. The molecule has 1 aromatic heterocycles. The van der Waals surface area contributed by atoms with E-state index in [1.807, 2.05) is 0 Å². The van der Waals surface area contributed by atoms with Gasteiger partial charge < -0.3 is 35.4 Å². The summed E-state index contributed by atoms with van der Waals surface area (Å²) in [5, 5.41) is 15.8. The lowest BCUT2D eigenvalue weighted by Gasteiger charge is -2.49. The minimum Gasteiger partial charge on any atom is -0.431 e. The molecule has 4 N–H and O–H groups in total. The number of anilines is 1. The summed E-state index contributed by atoms with van der Waals surface area (Å²) >= 11 is 2.31. The third kappa shape index (κ3) is 7.36. The molecule has 15 nitrogen and oxygen atoms in total. The molecule has 5 rings (SSSR count). The fraction of sp³-hybridized carbons (Fsp3) is 0.519. The summed E-state index contributed by atoms with van der Waals surface area (Å²) < 4.78 is 15.9. The third-order valence-corrected chi connectivity index (χ3v) is 9.57. The van der Waals surface area contributed by atoms with E-state index in [2.05, 4.69) is 15.5 Å². The van der Waals surface area contributed by atoms with Crippen molar-refractivity contribution >= 4 is 76.2 Å². The van der Waals surface area contributed by atoms with Crippen LogP contribution in [0.4, 0.5) is 9.93 Å². The molecule has 18 heteroatoms. The minimum absolute atomic E-state index is 0. The van der Waals surface area contributed by atoms with Gasteiger partial charge >= 0.3 is 12.1 Å². The largest absolute Gasteiger partial charge is 0.511 e. The Balaban J connectivity index is 0.00000461. The van der Waals surface area contributed by atoms with Gasteiger partial charge in [-0.3, -0.25) is 19.3 Å². The van der Waals surface area contributed by atoms with Crippen molar-refractivity contribution in [2.75, 3.05) is 25.1 Å². The van der Waals surface area contributed by atoms with Crippen LogP contribution in [0.15, 0.2) is 33.5 Å². The van der Waals surface area contributed by atoms with Crippen molar-refractivity contribution < 1.29 is 43.4 Å². The summed E-state index contributed by atoms with van der Waals surface area (Å²) in [6.45, 7) is 1.86. The summed E-state index contributed by atoms with van der Waals surface area (Å²) in [7, 11) is 1.67. The molecule has 0 aromatic carbocycles. The molecule has 1 aromatic rings. The quantitative estimate of drug-likeness (QED) is 0.0686. The summed E-state index contributed by atoms with van der Waals surface area (Å²) in [6.07, 6.45) is 3.93. The van der Waals surface area contributed by atoms with Crippen molar-refractivity contribution in [1.29, 1.82) is 0 Å². The normalized spacial score (nSPS) is 23.6. The summed E-state index contributed by atoms with van der Waals surface area (Å²) in [4.78, 5) is 71.4. The molecule has 3 amide bonds. The Labute approximate surface area is 272 Å². The molecular weight excluding hydrogens is 652 g/mol. The molecular formula is C27H33ClN6O9S2. The van der Waals surface area contributed by atoms with Crippen LogP contribution in [-0.4, -0.2) is 98.7 Å². The number of oxime groups is 1. The van der Waals surface area contributed by atoms with Gasteiger partial charge in [-0.2, -0.15) is 0 Å². The first-order valence-electron chi connectivity index (χ1n) is 14.0. The van der Waals surface area contributed by atoms with Gasteiger partial charge in [0.2, 0.25) is 12.2 Å². The van der Waals surface area contributed by atoms with E-state index in [9.17, 15) is 29.2 Å². The predicted octanol–water partition coefficient (Wildman–Crippen LogP) is 2.14. The number of nitrogens with two attached hydrogens (primary N) is 1. The molecule has 4 aliphatic rings. The van der Waals surface area contributed by atoms with Gasteiger partial charge in [-0.1, -0.05) is 11.6 Å². The Kier molecular flexibility index (Phi) is 11.0. The maximum Gasteiger partial charge on any atom is 0.511 e. The monoisotopic (exact) mass is 684 g/mol. The fourth-order valence-electron chi connectivity index (χ4n) is 5.36. The zero-order valence-corrected chi connectivity index (χ0v) is 26.9. The maximum absolute atomic E-state index is 13.5. The molecule has 0 radical (unpaired) electrons. The molecule has 2 saturated heterocycles. The van der Waals surface area contributed by atoms with Gasteiger partial charge in [-0.15, -0.1) is 35.5 Å². The highest BCUT2D eigenvalue weighted by Gasteiger charge is 2.55. The number of aromatic nitrogens is 1. The second-order valence-electron chi connectivity index (χ2n) is 10.6. The number of nitrogen functional groups attached to an aromatic ring is 1. The number of likely N-dealkylation sites (N-methyl/N-ethyl adjacent to an activating group) is 1. The number of carbonyl (C=O) groups excluding carboxylic acids is 5. The Hall–Kier alpha value is -3.83. The van der Waals surface area contributed by atoms with Gasteiger partial charge in [0.25, 0.3) is 11.8 Å². The van der Waals surface area contributed by atoms with Gasteiger partial charge in [0.05, 0.1) is 0 Å². The molecule has 45 heavy (non-hydrogen) atoms. The molecule has 3 unspecified atom stereocenters. The van der Waals surface area contributed by atoms with Crippen molar-refractivity contribution in [3.63, 3.8) is 0 Å². The number of thioether (sulfide) groups is 1. The number of ether oxygens (including phenoxy) is 3. The lowest BCUT2D eigenvalue weighted by atomic mass is 9.98. The van der Waals surface area contributed by atoms with Crippen LogP contribution in [0, 0.1) is 0 Å². The van der Waals surface area contributed by atoms with Gasteiger partial charge in [0, 0.05) is 37.2 Å². The number of fused-ring (bicyclic) bond motifs is 1. The van der Waals surface area contributed by atoms with E-state index < -0.39 is 47.4 Å². The first-order chi connectivity index (χ1) is 21.1. The zero-order chi connectivity index (χ0) is 31.5. The van der Waals surface area contributed by atoms with Crippen LogP contribution in [0.5, 0.6) is 0 Å². The molecule has 3 fully saturated rings. The summed E-state index contributed by atoms with van der Waals surface area (Å²) in [6, 6.07) is -1.07. The molecule has 1 aliphatic carbocycles. The zero-order valence-electron chi connectivity index (χ0n) is 24.4. The number of hydrogen-bond donors (Lipinski definition) is 3. The number of amides is 3. The van der Waals surface area contributed by atoms with Crippen LogP contribution >= 0.6 is 35.5 Å². The Morgan fingerprint density at radius 1 is 1.22 bits per heavy atom. The molecule has 1 saturated carbocycles. The van der Waals surface area contributed by atoms with Crippen LogP contribution in [-0.2, 0) is 33.4 Å². The van der Waals surface area contributed by atoms with Crippen molar-refractivity contribution in [3.8, 4) is 0 Å². The van der Waals surface area contributed by atoms with E-state index in [1.54, 1.807) is 18.0 Å². The second kappa shape index (κ2) is 14.5. The Bertz CT molecular complexity index is 1460. The Morgan fingerprint density at radius 2 is 1.96 bits per heavy atom. The van der Waals surface area contributed by atoms with Crippen molar-refractivity contribution in [2.45, 2.75) is 69.3 Å². The number of halogens is 1. The van der Waals surface area contributed by atoms with Crippen LogP contribution in [0.1, 0.15) is 51.1 Å². The first-order valence-corrected chi connectivity index (χ1v) is 16.0. The van der Waals surface area contributed by atoms with E-state index >= 15 is 0 Å². The molecule has 3 atom stereocenters. The van der Waals surface area contributed by atoms with Gasteiger partial charge in [-0.05, 0) is 43.8 Å². The average molecular weight is 685 g/mol. The smallest absolute Gasteiger partial charge is 0.431 e. The summed E-state index contributed by atoms with van der Waals surface area (Å²) in [5.74, 6) is -2.44. The lowest BCUT2D eigenvalue weighted by molar-refractivity contribution is -0.169. The highest BCUT2D eigenvalue weighted by atomic mass is 35.5. The molecule has 0 spiro atoms. The molecule has 4 heterocycles. The first kappa shape index (κ1) is 34.1. The van der Waals surface area contributed by atoms with E-state index in [4.69, 9.17) is 19.9 Å². The van der Waals surface area contributed by atoms with Gasteiger partial charge in [0.15, 0.2) is 10.8 Å². The minimum atomic E-state index is -1.34. The highest BCUT2D eigenvalue weighted by Crippen LogP contribution is 2.42. The maximum atomic E-state index is 13.5. The van der Waals surface area contributed by atoms with Crippen molar-refractivity contribution in [2.24, 2.45) is 5.16 Å². The van der Waals surface area contributed by atoms with Crippen LogP contribution < -0.4 is 11.1 Å². The number of rotatable bonds is 8. The van der Waals surface area contributed by atoms with Crippen LogP contribution in [0.3, 0.4) is 0 Å².